The molecule has 0 amide bonds. The van der Waals surface area contributed by atoms with E-state index in [0.717, 1.165) is 50.9 Å². The predicted octanol–water partition coefficient (Wildman–Crippen LogP) is -6.11. The van der Waals surface area contributed by atoms with Crippen molar-refractivity contribution in [1.82, 2.24) is 0 Å². The molecule has 0 unspecified atom stereocenters. The van der Waals surface area contributed by atoms with Gasteiger partial charge in [0.15, 0.2) is 0 Å². The van der Waals surface area contributed by atoms with Crippen LogP contribution in [0.2, 0.25) is 0 Å². The van der Waals surface area contributed by atoms with Gasteiger partial charge in [0.05, 0.1) is 37.1 Å². The van der Waals surface area contributed by atoms with Gasteiger partial charge in [-0.3, -0.25) is 19.1 Å². The van der Waals surface area contributed by atoms with Crippen molar-refractivity contribution in [3.63, 3.8) is 0 Å². The first-order valence-corrected chi connectivity index (χ1v) is 11.5. The van der Waals surface area contributed by atoms with E-state index >= 15 is 0 Å². The molecule has 0 atom stereocenters. The summed E-state index contributed by atoms with van der Waals surface area (Å²) in [6, 6.07) is 3.64. The summed E-state index contributed by atoms with van der Waals surface area (Å²) in [4.78, 5) is 6.80. The van der Waals surface area contributed by atoms with Gasteiger partial charge in [-0.1, -0.05) is 11.5 Å². The zero-order valence-corrected chi connectivity index (χ0v) is 24.4. The first kappa shape index (κ1) is 32.8. The molecule has 0 aliphatic carbocycles. The maximum absolute atomic E-state index is 12.2. The van der Waals surface area contributed by atoms with E-state index in [9.17, 15) is 27.0 Å². The topological polar surface area (TPSA) is 198 Å². The quantitative estimate of drug-likeness (QED) is 0.136. The molecule has 0 bridgehead atoms. The first-order valence-electron chi connectivity index (χ1n) is 8.61. The molecule has 34 heavy (non-hydrogen) atoms. The van der Waals surface area contributed by atoms with Crippen LogP contribution in [0.3, 0.4) is 0 Å². The van der Waals surface area contributed by atoms with Crippen LogP contribution < -0.4 is 78.8 Å². The zero-order valence-electron chi connectivity index (χ0n) is 18.7. The van der Waals surface area contributed by atoms with Gasteiger partial charge in [-0.05, 0) is 23.3 Å². The molecule has 2 aromatic carbocycles. The maximum Gasteiger partial charge on any atom is 1.00 e. The van der Waals surface area contributed by atoms with E-state index in [1.54, 1.807) is 0 Å². The molecule has 0 fully saturated rings. The minimum Gasteiger partial charge on any atom is -0.870 e. The molecule has 0 saturated heterocycles. The summed E-state index contributed by atoms with van der Waals surface area (Å²) in [6.07, 6.45) is 2.16. The van der Waals surface area contributed by atoms with E-state index in [1.165, 1.54) is 0 Å². The molecule has 0 heterocycles. The Hall–Kier alpha value is -1.20. The van der Waals surface area contributed by atoms with Crippen molar-refractivity contribution >= 4 is 32.7 Å². The summed E-state index contributed by atoms with van der Waals surface area (Å²) in [5.41, 5.74) is -0.290. The number of hydrogen-bond donors (Lipinski definition) is 2. The summed E-state index contributed by atoms with van der Waals surface area (Å²) in [5, 5.41) is 24.3. The Morgan fingerprint density at radius 2 is 1.09 bits per heavy atom. The second kappa shape index (κ2) is 13.8. The standard InChI is InChI=1S/C18H20N2O10S2.2Na/c1-29-15-7-13(31(23,24)25)5-11(17(15)21)9-19-3-4-20-10-12-6-14(32(26,27)28)8-16(30-2)18(12)22;;/h5-10,21-22H,3-4H2,1-2H3,(H,23,24,25)(H,26,27,28);;/q;2*+1/p-2. The zero-order chi connectivity index (χ0) is 24.1. The molecular weight excluding hydrogens is 514 g/mol. The summed E-state index contributed by atoms with van der Waals surface area (Å²) < 4.78 is 73.2. The van der Waals surface area contributed by atoms with Crippen LogP contribution in [-0.4, -0.2) is 65.7 Å². The van der Waals surface area contributed by atoms with E-state index < -0.39 is 41.5 Å². The fourth-order valence-electron chi connectivity index (χ4n) is 2.43. The molecule has 12 nitrogen and oxygen atoms in total. The minimum atomic E-state index is -4.57. The number of aliphatic imine (C=N–C) groups is 2. The van der Waals surface area contributed by atoms with Gasteiger partial charge in [-0.2, -0.15) is 16.8 Å². The van der Waals surface area contributed by atoms with Gasteiger partial charge < -0.3 is 19.7 Å². The van der Waals surface area contributed by atoms with E-state index in [2.05, 4.69) is 9.98 Å². The van der Waals surface area contributed by atoms with E-state index in [1.807, 2.05) is 0 Å². The normalized spacial score (nSPS) is 11.8. The summed E-state index contributed by atoms with van der Waals surface area (Å²) in [7, 11) is -6.82. The average molecular weight is 532 g/mol. The third kappa shape index (κ3) is 8.78. The Morgan fingerprint density at radius 3 is 1.35 bits per heavy atom. The first-order chi connectivity index (χ1) is 14.9. The Kier molecular flexibility index (Phi) is 13.3. The number of benzene rings is 2. The Bertz CT molecular complexity index is 1180. The maximum atomic E-state index is 12.2. The van der Waals surface area contributed by atoms with Crippen molar-refractivity contribution in [2.75, 3.05) is 27.3 Å². The molecule has 2 rings (SSSR count). The van der Waals surface area contributed by atoms with Crippen LogP contribution in [0.5, 0.6) is 23.0 Å². The average Bonchev–Trinajstić information content (AvgIpc) is 2.70. The number of nitrogens with zero attached hydrogens (tertiary/aromatic N) is 2. The van der Waals surface area contributed by atoms with Crippen LogP contribution in [0.1, 0.15) is 11.1 Å². The molecule has 16 heteroatoms. The number of ether oxygens (including phenoxy) is 2. The van der Waals surface area contributed by atoms with Gasteiger partial charge in [-0.15, -0.1) is 0 Å². The van der Waals surface area contributed by atoms with Crippen molar-refractivity contribution in [2.24, 2.45) is 9.98 Å². The van der Waals surface area contributed by atoms with Crippen LogP contribution >= 0.6 is 0 Å². The fraction of sp³-hybridized carbons (Fsp3) is 0.222. The van der Waals surface area contributed by atoms with Crippen LogP contribution in [0.4, 0.5) is 0 Å². The molecule has 0 saturated carbocycles. The van der Waals surface area contributed by atoms with Crippen molar-refractivity contribution in [2.45, 2.75) is 9.79 Å². The fourth-order valence-corrected chi connectivity index (χ4v) is 3.49. The number of methoxy groups -OCH3 is 2. The molecule has 0 radical (unpaired) electrons. The van der Waals surface area contributed by atoms with Gasteiger partial charge in [-0.25, -0.2) is 0 Å². The monoisotopic (exact) mass is 532 g/mol. The molecule has 174 valence electrons. The SMILES string of the molecule is COc1cc(S(=O)(=O)O)cc(C=NCCN=Cc2cc(S(=O)(=O)O)cc(OC)c2[O-])c1[O-].[Na+].[Na+]. The van der Waals surface area contributed by atoms with Crippen LogP contribution in [0.25, 0.3) is 0 Å². The van der Waals surface area contributed by atoms with Crippen molar-refractivity contribution in [3.05, 3.63) is 35.4 Å². The van der Waals surface area contributed by atoms with E-state index in [-0.39, 0.29) is 94.8 Å². The van der Waals surface area contributed by atoms with Gasteiger partial charge in [0.25, 0.3) is 20.2 Å². The Morgan fingerprint density at radius 1 is 0.765 bits per heavy atom. The Labute approximate surface area is 240 Å². The van der Waals surface area contributed by atoms with Crippen molar-refractivity contribution in [3.8, 4) is 23.0 Å². The van der Waals surface area contributed by atoms with Gasteiger partial charge in [0.2, 0.25) is 0 Å². The van der Waals surface area contributed by atoms with E-state index in [4.69, 9.17) is 18.6 Å². The summed E-state index contributed by atoms with van der Waals surface area (Å²) >= 11 is 0. The van der Waals surface area contributed by atoms with Crippen molar-refractivity contribution < 1.29 is 105 Å². The second-order valence-electron chi connectivity index (χ2n) is 6.11. The van der Waals surface area contributed by atoms with Crippen LogP contribution in [-0.2, 0) is 20.2 Å². The van der Waals surface area contributed by atoms with Crippen molar-refractivity contribution in [1.29, 1.82) is 0 Å². The van der Waals surface area contributed by atoms with E-state index in [0.29, 0.717) is 0 Å². The van der Waals surface area contributed by atoms with Gasteiger partial charge in [0.1, 0.15) is 11.5 Å². The molecule has 0 aromatic heterocycles. The van der Waals surface area contributed by atoms with Crippen LogP contribution in [0.15, 0.2) is 44.0 Å². The molecule has 2 N–H and O–H groups in total. The molecule has 0 aliphatic rings. The Balaban J connectivity index is 0.00000544. The largest absolute Gasteiger partial charge is 1.00 e. The third-order valence-corrected chi connectivity index (χ3v) is 5.63. The number of rotatable bonds is 9. The second-order valence-corrected chi connectivity index (χ2v) is 8.95. The summed E-state index contributed by atoms with van der Waals surface area (Å²) in [5.74, 6) is -1.87. The van der Waals surface area contributed by atoms with Gasteiger partial charge in [0, 0.05) is 24.6 Å². The molecular formula is C18H18N2Na2O10S2. The minimum absolute atomic E-state index is 0. The smallest absolute Gasteiger partial charge is 0.870 e. The third-order valence-electron chi connectivity index (χ3n) is 3.97. The predicted molar refractivity (Wildman–Crippen MR) is 109 cm³/mol. The number of hydrogen-bond acceptors (Lipinski definition) is 10. The summed E-state index contributed by atoms with van der Waals surface area (Å²) in [6.45, 7) is 0.0232. The molecule has 0 aliphatic heterocycles. The molecule has 2 aromatic rings. The molecule has 0 spiro atoms. The van der Waals surface area contributed by atoms with Gasteiger partial charge >= 0.3 is 59.1 Å². The van der Waals surface area contributed by atoms with Crippen LogP contribution in [0, 0.1) is 0 Å².